The Morgan fingerprint density at radius 3 is 2.44 bits per heavy atom. The van der Waals surface area contributed by atoms with E-state index in [1.807, 2.05) is 52.5 Å². The Labute approximate surface area is 191 Å². The molecule has 0 aromatic heterocycles. The van der Waals surface area contributed by atoms with Crippen molar-refractivity contribution < 1.29 is 19.1 Å². The van der Waals surface area contributed by atoms with Gasteiger partial charge >= 0.3 is 6.09 Å². The summed E-state index contributed by atoms with van der Waals surface area (Å²) in [5, 5.41) is 2.94. The summed E-state index contributed by atoms with van der Waals surface area (Å²) < 4.78 is 5.55. The van der Waals surface area contributed by atoms with Crippen LogP contribution in [0.2, 0.25) is 0 Å². The predicted octanol–water partition coefficient (Wildman–Crippen LogP) is 4.60. The van der Waals surface area contributed by atoms with Crippen LogP contribution in [0.15, 0.2) is 18.2 Å². The summed E-state index contributed by atoms with van der Waals surface area (Å²) >= 11 is 0. The van der Waals surface area contributed by atoms with E-state index in [0.29, 0.717) is 31.6 Å². The fourth-order valence-corrected chi connectivity index (χ4v) is 4.54. The van der Waals surface area contributed by atoms with Gasteiger partial charge in [0.05, 0.1) is 5.54 Å². The van der Waals surface area contributed by atoms with E-state index >= 15 is 0 Å². The quantitative estimate of drug-likeness (QED) is 0.738. The number of hydrogen-bond donors (Lipinski definition) is 1. The van der Waals surface area contributed by atoms with Crippen molar-refractivity contribution in [3.63, 3.8) is 0 Å². The fraction of sp³-hybridized carbons (Fsp3) is 0.640. The first kappa shape index (κ1) is 24.1. The Balaban J connectivity index is 1.69. The number of amides is 3. The molecule has 2 saturated heterocycles. The van der Waals surface area contributed by atoms with Crippen molar-refractivity contribution in [2.24, 2.45) is 5.92 Å². The van der Waals surface area contributed by atoms with Crippen LogP contribution in [0.4, 0.5) is 10.5 Å². The molecule has 0 saturated carbocycles. The van der Waals surface area contributed by atoms with Crippen molar-refractivity contribution in [2.45, 2.75) is 78.4 Å². The third-order valence-corrected chi connectivity index (χ3v) is 6.17. The van der Waals surface area contributed by atoms with E-state index in [9.17, 15) is 14.4 Å². The zero-order valence-corrected chi connectivity index (χ0v) is 20.3. The van der Waals surface area contributed by atoms with Gasteiger partial charge in [0, 0.05) is 37.3 Å². The molecule has 2 heterocycles. The molecule has 3 rings (SSSR count). The monoisotopic (exact) mass is 443 g/mol. The standard InChI is InChI=1S/C25H37N3O4/c1-17(2)14-21(29)26-20-9-8-19(15-18(20)3)22(30)28-13-11-25(28)10-7-12-27(16-25)23(31)32-24(4,5)6/h8-9,15,17H,7,10-14,16H2,1-6H3,(H,26,29)/t25-/m0/s1. The number of nitrogens with zero attached hydrogens (tertiary/aromatic N) is 2. The number of carbonyl (C=O) groups is 3. The van der Waals surface area contributed by atoms with Crippen LogP contribution in [0, 0.1) is 12.8 Å². The molecule has 7 heteroatoms. The highest BCUT2D eigenvalue weighted by Crippen LogP contribution is 2.40. The number of aryl methyl sites for hydroxylation is 1. The van der Waals surface area contributed by atoms with Gasteiger partial charge in [-0.1, -0.05) is 13.8 Å². The van der Waals surface area contributed by atoms with Gasteiger partial charge in [0.2, 0.25) is 5.91 Å². The predicted molar refractivity (Wildman–Crippen MR) is 125 cm³/mol. The van der Waals surface area contributed by atoms with Crippen molar-refractivity contribution in [2.75, 3.05) is 25.0 Å². The minimum atomic E-state index is -0.541. The maximum absolute atomic E-state index is 13.3. The second kappa shape index (κ2) is 9.12. The van der Waals surface area contributed by atoms with Gasteiger partial charge in [0.1, 0.15) is 5.60 Å². The lowest BCUT2D eigenvalue weighted by atomic mass is 9.77. The molecule has 1 spiro atoms. The molecule has 176 valence electrons. The third kappa shape index (κ3) is 5.43. The van der Waals surface area contributed by atoms with E-state index in [4.69, 9.17) is 4.74 Å². The van der Waals surface area contributed by atoms with Gasteiger partial charge in [-0.05, 0) is 76.6 Å². The lowest BCUT2D eigenvalue weighted by molar-refractivity contribution is -0.116. The number of rotatable bonds is 4. The number of anilines is 1. The molecule has 2 aliphatic rings. The van der Waals surface area contributed by atoms with Gasteiger partial charge in [0.15, 0.2) is 0 Å². The van der Waals surface area contributed by atoms with Crippen molar-refractivity contribution in [1.82, 2.24) is 9.80 Å². The van der Waals surface area contributed by atoms with Crippen LogP contribution in [0.5, 0.6) is 0 Å². The Kier molecular flexibility index (Phi) is 6.86. The number of carbonyl (C=O) groups excluding carboxylic acids is 3. The van der Waals surface area contributed by atoms with Gasteiger partial charge in [-0.25, -0.2) is 4.79 Å². The average Bonchev–Trinajstić information content (AvgIpc) is 2.66. The Morgan fingerprint density at radius 1 is 1.16 bits per heavy atom. The van der Waals surface area contributed by atoms with Crippen LogP contribution in [-0.4, -0.2) is 58.5 Å². The van der Waals surface area contributed by atoms with E-state index < -0.39 is 5.60 Å². The molecule has 1 aromatic rings. The molecule has 1 N–H and O–H groups in total. The number of nitrogens with one attached hydrogen (secondary N) is 1. The van der Waals surface area contributed by atoms with Crippen LogP contribution in [-0.2, 0) is 9.53 Å². The lowest BCUT2D eigenvalue weighted by Gasteiger charge is -2.56. The van der Waals surface area contributed by atoms with Crippen molar-refractivity contribution >= 4 is 23.6 Å². The number of hydrogen-bond acceptors (Lipinski definition) is 4. The highest BCUT2D eigenvalue weighted by molar-refractivity contribution is 5.97. The first-order valence-electron chi connectivity index (χ1n) is 11.6. The summed E-state index contributed by atoms with van der Waals surface area (Å²) in [5.41, 5.74) is 1.35. The average molecular weight is 444 g/mol. The van der Waals surface area contributed by atoms with Gasteiger partial charge in [-0.3, -0.25) is 9.59 Å². The molecule has 7 nitrogen and oxygen atoms in total. The molecule has 3 amide bonds. The van der Waals surface area contributed by atoms with E-state index in [1.165, 1.54) is 0 Å². The topological polar surface area (TPSA) is 79.0 Å². The zero-order valence-electron chi connectivity index (χ0n) is 20.3. The lowest BCUT2D eigenvalue weighted by Crippen LogP contribution is -2.69. The molecule has 1 aromatic carbocycles. The van der Waals surface area contributed by atoms with Crippen LogP contribution >= 0.6 is 0 Å². The molecule has 2 aliphatic heterocycles. The maximum atomic E-state index is 13.3. The van der Waals surface area contributed by atoms with Crippen molar-refractivity contribution in [3.05, 3.63) is 29.3 Å². The smallest absolute Gasteiger partial charge is 0.410 e. The molecular formula is C25H37N3O4. The van der Waals surface area contributed by atoms with Gasteiger partial charge in [0.25, 0.3) is 5.91 Å². The minimum absolute atomic E-state index is 0.0201. The van der Waals surface area contributed by atoms with Crippen molar-refractivity contribution in [3.8, 4) is 0 Å². The van der Waals surface area contributed by atoms with Gasteiger partial charge in [-0.2, -0.15) is 0 Å². The first-order chi connectivity index (χ1) is 14.9. The molecule has 0 unspecified atom stereocenters. The summed E-state index contributed by atoms with van der Waals surface area (Å²) in [7, 11) is 0. The summed E-state index contributed by atoms with van der Waals surface area (Å²) in [6.07, 6.45) is 2.78. The number of ether oxygens (including phenoxy) is 1. The largest absolute Gasteiger partial charge is 0.444 e. The Hall–Kier alpha value is -2.57. The van der Waals surface area contributed by atoms with Gasteiger partial charge < -0.3 is 19.9 Å². The number of benzene rings is 1. The molecule has 0 aliphatic carbocycles. The van der Waals surface area contributed by atoms with Crippen LogP contribution in [0.3, 0.4) is 0 Å². The minimum Gasteiger partial charge on any atom is -0.444 e. The molecule has 2 fully saturated rings. The summed E-state index contributed by atoms with van der Waals surface area (Å²) in [6, 6.07) is 5.43. The Bertz CT molecular complexity index is 890. The highest BCUT2D eigenvalue weighted by Gasteiger charge is 2.50. The highest BCUT2D eigenvalue weighted by atomic mass is 16.6. The number of likely N-dealkylation sites (tertiary alicyclic amines) is 2. The van der Waals surface area contributed by atoms with E-state index in [-0.39, 0.29) is 29.4 Å². The summed E-state index contributed by atoms with van der Waals surface area (Å²) in [5.74, 6) is 0.244. The molecule has 0 bridgehead atoms. The second-order valence-corrected chi connectivity index (χ2v) is 10.6. The normalized spacial score (nSPS) is 20.8. The van der Waals surface area contributed by atoms with Crippen LogP contribution in [0.25, 0.3) is 0 Å². The molecule has 32 heavy (non-hydrogen) atoms. The maximum Gasteiger partial charge on any atom is 0.410 e. The number of piperidine rings is 1. The van der Waals surface area contributed by atoms with Crippen LogP contribution in [0.1, 0.15) is 76.2 Å². The van der Waals surface area contributed by atoms with E-state index in [2.05, 4.69) is 5.32 Å². The molecule has 1 atom stereocenters. The molecular weight excluding hydrogens is 406 g/mol. The fourth-order valence-electron chi connectivity index (χ4n) is 4.54. The Morgan fingerprint density at radius 2 is 1.88 bits per heavy atom. The SMILES string of the molecule is Cc1cc(C(=O)N2CC[C@]23CCCN(C(=O)OC(C)(C)C)C3)ccc1NC(=O)CC(C)C. The second-order valence-electron chi connectivity index (χ2n) is 10.6. The zero-order chi connectivity index (χ0) is 23.7. The molecule has 0 radical (unpaired) electrons. The van der Waals surface area contributed by atoms with E-state index in [0.717, 1.165) is 30.5 Å². The summed E-state index contributed by atoms with van der Waals surface area (Å²) in [4.78, 5) is 41.7. The van der Waals surface area contributed by atoms with E-state index in [1.54, 1.807) is 17.0 Å². The van der Waals surface area contributed by atoms with Gasteiger partial charge in [-0.15, -0.1) is 0 Å². The summed E-state index contributed by atoms with van der Waals surface area (Å²) in [6.45, 7) is 13.4. The third-order valence-electron chi connectivity index (χ3n) is 6.17. The first-order valence-corrected chi connectivity index (χ1v) is 11.6. The van der Waals surface area contributed by atoms with Crippen LogP contribution < -0.4 is 5.32 Å². The van der Waals surface area contributed by atoms with Crippen molar-refractivity contribution in [1.29, 1.82) is 0 Å².